The lowest BCUT2D eigenvalue weighted by Gasteiger charge is -2.30. The fraction of sp³-hybridized carbons (Fsp3) is 0.306. The van der Waals surface area contributed by atoms with Gasteiger partial charge in [-0.2, -0.15) is 0 Å². The lowest BCUT2D eigenvalue weighted by Crippen LogP contribution is -2.54. The van der Waals surface area contributed by atoms with Crippen LogP contribution in [0.15, 0.2) is 97.1 Å². The zero-order valence-corrected chi connectivity index (χ0v) is 25.1. The van der Waals surface area contributed by atoms with Gasteiger partial charge in [-0.1, -0.05) is 91.0 Å². The number of likely N-dealkylation sites (N-methyl/N-ethyl adjacent to an activating group) is 2. The number of hydrogen-bond acceptors (Lipinski definition) is 5. The van der Waals surface area contributed by atoms with Crippen molar-refractivity contribution in [3.05, 3.63) is 114 Å². The summed E-state index contributed by atoms with van der Waals surface area (Å²) < 4.78 is 0. The first-order valence-corrected chi connectivity index (χ1v) is 15.1. The molecule has 8 nitrogen and oxygen atoms in total. The molecule has 4 atom stereocenters. The number of carbonyl (C=O) groups is 3. The molecule has 4 aromatic rings. The van der Waals surface area contributed by atoms with Gasteiger partial charge in [-0.15, -0.1) is 0 Å². The molecular weight excluding hydrogens is 552 g/mol. The standard InChI is InChI=1S/C36H38N4O4/c1-38-23-30(29-14-8-9-15-32(29)38)35(43)40-22-28(41)20-33(40)34(42)37-31(36(44)39(2)21-24-10-4-3-5-11-24)19-25-16-17-26-12-6-7-13-27(26)18-25/h3-18,28,30-31,33,41H,19-23H2,1-2H3,(H,37,42)/t28-,30?,31+,33?/m1/s1. The smallest absolute Gasteiger partial charge is 0.245 e. The van der Waals surface area contributed by atoms with Gasteiger partial charge in [0.25, 0.3) is 0 Å². The number of amides is 3. The number of hydrogen-bond donors (Lipinski definition) is 2. The van der Waals surface area contributed by atoms with Crippen LogP contribution in [0.2, 0.25) is 0 Å². The molecule has 2 heterocycles. The molecule has 44 heavy (non-hydrogen) atoms. The van der Waals surface area contributed by atoms with Gasteiger partial charge in [0.2, 0.25) is 17.7 Å². The summed E-state index contributed by atoms with van der Waals surface area (Å²) in [6.07, 6.45) is -0.406. The number of para-hydroxylation sites is 1. The first-order valence-electron chi connectivity index (χ1n) is 15.1. The van der Waals surface area contributed by atoms with Gasteiger partial charge in [0.1, 0.15) is 12.1 Å². The van der Waals surface area contributed by atoms with Gasteiger partial charge in [0, 0.05) is 52.3 Å². The molecule has 0 bridgehead atoms. The maximum absolute atomic E-state index is 13.9. The molecule has 226 valence electrons. The number of benzene rings is 4. The van der Waals surface area contributed by atoms with Crippen molar-refractivity contribution in [2.24, 2.45) is 0 Å². The molecule has 0 aromatic heterocycles. The third-order valence-electron chi connectivity index (χ3n) is 8.85. The highest BCUT2D eigenvalue weighted by atomic mass is 16.3. The van der Waals surface area contributed by atoms with Crippen molar-refractivity contribution in [3.8, 4) is 0 Å². The molecule has 6 rings (SSSR count). The highest BCUT2D eigenvalue weighted by Crippen LogP contribution is 2.37. The van der Waals surface area contributed by atoms with Crippen molar-refractivity contribution in [2.75, 3.05) is 32.1 Å². The Bertz CT molecular complexity index is 1680. The van der Waals surface area contributed by atoms with Gasteiger partial charge in [-0.3, -0.25) is 14.4 Å². The Kier molecular flexibility index (Phi) is 8.35. The number of carbonyl (C=O) groups excluding carboxylic acids is 3. The molecule has 8 heteroatoms. The van der Waals surface area contributed by atoms with Crippen molar-refractivity contribution in [3.63, 3.8) is 0 Å². The number of fused-ring (bicyclic) bond motifs is 2. The van der Waals surface area contributed by atoms with Gasteiger partial charge in [-0.05, 0) is 33.5 Å². The van der Waals surface area contributed by atoms with Crippen LogP contribution in [0.4, 0.5) is 5.69 Å². The molecular formula is C36H38N4O4. The summed E-state index contributed by atoms with van der Waals surface area (Å²) in [5.74, 6) is -1.26. The van der Waals surface area contributed by atoms with Crippen LogP contribution in [0.25, 0.3) is 10.8 Å². The molecule has 2 aliphatic rings. The Morgan fingerprint density at radius 3 is 2.39 bits per heavy atom. The van der Waals surface area contributed by atoms with Crippen molar-refractivity contribution in [1.82, 2.24) is 15.1 Å². The predicted molar refractivity (Wildman–Crippen MR) is 171 cm³/mol. The van der Waals surface area contributed by atoms with Crippen LogP contribution < -0.4 is 10.2 Å². The Morgan fingerprint density at radius 1 is 0.886 bits per heavy atom. The number of likely N-dealkylation sites (tertiary alicyclic amines) is 1. The van der Waals surface area contributed by atoms with E-state index in [1.807, 2.05) is 109 Å². The largest absolute Gasteiger partial charge is 0.391 e. The van der Waals surface area contributed by atoms with E-state index in [0.29, 0.717) is 19.5 Å². The van der Waals surface area contributed by atoms with E-state index in [9.17, 15) is 19.5 Å². The molecule has 1 fully saturated rings. The Hall–Kier alpha value is -4.69. The van der Waals surface area contributed by atoms with Crippen LogP contribution >= 0.6 is 0 Å². The van der Waals surface area contributed by atoms with E-state index in [-0.39, 0.29) is 24.8 Å². The van der Waals surface area contributed by atoms with Crippen molar-refractivity contribution in [2.45, 2.75) is 43.5 Å². The second-order valence-corrected chi connectivity index (χ2v) is 12.0. The molecule has 0 radical (unpaired) electrons. The van der Waals surface area contributed by atoms with Gasteiger partial charge >= 0.3 is 0 Å². The number of β-amino-alcohol motifs (C(OH)–C–C–N with tert-alkyl or cyclic N) is 1. The summed E-state index contributed by atoms with van der Waals surface area (Å²) in [6.45, 7) is 0.980. The van der Waals surface area contributed by atoms with Gasteiger partial charge in [0.05, 0.1) is 12.0 Å². The normalized spacial score (nSPS) is 19.9. The molecule has 2 unspecified atom stereocenters. The van der Waals surface area contributed by atoms with Crippen molar-refractivity contribution >= 4 is 34.2 Å². The summed E-state index contributed by atoms with van der Waals surface area (Å²) in [7, 11) is 3.68. The number of aliphatic hydroxyl groups is 1. The summed E-state index contributed by atoms with van der Waals surface area (Å²) in [4.78, 5) is 46.9. The number of aliphatic hydroxyl groups excluding tert-OH is 1. The highest BCUT2D eigenvalue weighted by molar-refractivity contribution is 5.95. The van der Waals surface area contributed by atoms with E-state index in [1.165, 1.54) is 4.90 Å². The third-order valence-corrected chi connectivity index (χ3v) is 8.85. The lowest BCUT2D eigenvalue weighted by molar-refractivity contribution is -0.141. The minimum Gasteiger partial charge on any atom is -0.391 e. The average molecular weight is 591 g/mol. The van der Waals surface area contributed by atoms with Crippen LogP contribution in [-0.2, 0) is 27.3 Å². The molecule has 0 aliphatic carbocycles. The van der Waals surface area contributed by atoms with E-state index in [0.717, 1.165) is 33.2 Å². The Labute approximate surface area is 257 Å². The zero-order chi connectivity index (χ0) is 30.8. The summed E-state index contributed by atoms with van der Waals surface area (Å²) >= 11 is 0. The van der Waals surface area contributed by atoms with E-state index < -0.39 is 30.0 Å². The summed E-state index contributed by atoms with van der Waals surface area (Å²) in [5, 5.41) is 15.8. The summed E-state index contributed by atoms with van der Waals surface area (Å²) in [5.41, 5.74) is 3.82. The Morgan fingerprint density at radius 2 is 1.59 bits per heavy atom. The van der Waals surface area contributed by atoms with Crippen LogP contribution in [0, 0.1) is 0 Å². The third kappa shape index (κ3) is 6.03. The molecule has 3 amide bonds. The minimum atomic E-state index is -0.873. The maximum Gasteiger partial charge on any atom is 0.245 e. The molecule has 1 saturated heterocycles. The number of nitrogens with zero attached hydrogens (tertiary/aromatic N) is 3. The predicted octanol–water partition coefficient (Wildman–Crippen LogP) is 3.72. The Balaban J connectivity index is 1.24. The van der Waals surface area contributed by atoms with E-state index in [4.69, 9.17) is 0 Å². The van der Waals surface area contributed by atoms with Crippen LogP contribution in [-0.4, -0.2) is 78.0 Å². The quantitative estimate of drug-likeness (QED) is 0.326. The number of rotatable bonds is 8. The monoisotopic (exact) mass is 590 g/mol. The number of nitrogens with one attached hydrogen (secondary N) is 1. The lowest BCUT2D eigenvalue weighted by atomic mass is 9.99. The minimum absolute atomic E-state index is 0.0799. The fourth-order valence-electron chi connectivity index (χ4n) is 6.59. The first-order chi connectivity index (χ1) is 21.3. The van der Waals surface area contributed by atoms with Crippen LogP contribution in [0.5, 0.6) is 0 Å². The summed E-state index contributed by atoms with van der Waals surface area (Å²) in [6, 6.07) is 29.8. The second-order valence-electron chi connectivity index (χ2n) is 12.0. The zero-order valence-electron chi connectivity index (χ0n) is 25.1. The van der Waals surface area contributed by atoms with Crippen molar-refractivity contribution < 1.29 is 19.5 Å². The first kappa shape index (κ1) is 29.4. The van der Waals surface area contributed by atoms with Crippen LogP contribution in [0.3, 0.4) is 0 Å². The number of anilines is 1. The molecule has 0 spiro atoms. The second kappa shape index (κ2) is 12.5. The van der Waals surface area contributed by atoms with Gasteiger partial charge < -0.3 is 25.1 Å². The van der Waals surface area contributed by atoms with E-state index in [1.54, 1.807) is 11.9 Å². The molecule has 0 saturated carbocycles. The molecule has 4 aromatic carbocycles. The van der Waals surface area contributed by atoms with E-state index >= 15 is 0 Å². The molecule has 2 N–H and O–H groups in total. The van der Waals surface area contributed by atoms with Gasteiger partial charge in [0.15, 0.2) is 0 Å². The molecule has 2 aliphatic heterocycles. The topological polar surface area (TPSA) is 93.2 Å². The highest BCUT2D eigenvalue weighted by Gasteiger charge is 2.44. The van der Waals surface area contributed by atoms with Crippen LogP contribution in [0.1, 0.15) is 29.0 Å². The fourth-order valence-corrected chi connectivity index (χ4v) is 6.59. The average Bonchev–Trinajstić information content (AvgIpc) is 3.60. The van der Waals surface area contributed by atoms with E-state index in [2.05, 4.69) is 5.32 Å². The van der Waals surface area contributed by atoms with Gasteiger partial charge in [-0.25, -0.2) is 0 Å². The SMILES string of the molecule is CN(Cc1ccccc1)C(=O)[C@H](Cc1ccc2ccccc2c1)NC(=O)C1C[C@@H](O)CN1C(=O)C1CN(C)c2ccccc21. The van der Waals surface area contributed by atoms with Crippen molar-refractivity contribution in [1.29, 1.82) is 0 Å². The maximum atomic E-state index is 13.9.